The number of rotatable bonds is 5. The minimum Gasteiger partial charge on any atom is -0.368 e. The van der Waals surface area contributed by atoms with Crippen LogP contribution in [0.3, 0.4) is 0 Å². The normalized spacial score (nSPS) is 11.7. The summed E-state index contributed by atoms with van der Waals surface area (Å²) in [6.45, 7) is 4.86. The van der Waals surface area contributed by atoms with Gasteiger partial charge in [0.05, 0.1) is 6.33 Å². The molecule has 0 radical (unpaired) electrons. The fourth-order valence-corrected chi connectivity index (χ4v) is 3.10. The number of aromatic nitrogens is 6. The average molecular weight is 356 g/mol. The molecule has 0 bridgehead atoms. The van der Waals surface area contributed by atoms with E-state index in [-0.39, 0.29) is 11.3 Å². The molecule has 0 saturated carbocycles. The Bertz CT molecular complexity index is 1030. The van der Waals surface area contributed by atoms with E-state index in [1.54, 1.807) is 12.5 Å². The third-order valence-corrected chi connectivity index (χ3v) is 4.38. The van der Waals surface area contributed by atoms with Gasteiger partial charge >= 0.3 is 0 Å². The number of nitrogens with one attached hydrogen (secondary N) is 2. The first-order chi connectivity index (χ1) is 12.1. The van der Waals surface area contributed by atoms with Crippen LogP contribution in [0.4, 0.5) is 5.82 Å². The van der Waals surface area contributed by atoms with Gasteiger partial charge in [-0.15, -0.1) is 0 Å². The summed E-state index contributed by atoms with van der Waals surface area (Å²) in [5.74, 6) is 0.660. The van der Waals surface area contributed by atoms with E-state index in [0.717, 1.165) is 28.5 Å². The van der Waals surface area contributed by atoms with Crippen LogP contribution in [0.1, 0.15) is 25.5 Å². The van der Waals surface area contributed by atoms with Crippen LogP contribution in [0, 0.1) is 0 Å². The molecule has 8 heteroatoms. The molecule has 4 heterocycles. The first kappa shape index (κ1) is 15.8. The lowest BCUT2D eigenvalue weighted by Gasteiger charge is -2.09. The second-order valence-corrected chi connectivity index (χ2v) is 6.51. The van der Waals surface area contributed by atoms with Gasteiger partial charge in [0.1, 0.15) is 0 Å². The maximum Gasteiger partial charge on any atom is 0.226 e. The number of pyridine rings is 1. The second-order valence-electron chi connectivity index (χ2n) is 6.17. The van der Waals surface area contributed by atoms with Crippen LogP contribution in [0.2, 0.25) is 5.28 Å². The number of H-pyrrole nitrogens is 1. The van der Waals surface area contributed by atoms with Crippen LogP contribution in [-0.2, 0) is 6.42 Å². The van der Waals surface area contributed by atoms with Gasteiger partial charge in [-0.3, -0.25) is 4.98 Å². The molecule has 4 aromatic heterocycles. The van der Waals surface area contributed by atoms with Crippen LogP contribution >= 0.6 is 11.6 Å². The van der Waals surface area contributed by atoms with Crippen molar-refractivity contribution < 1.29 is 0 Å². The first-order valence-corrected chi connectivity index (χ1v) is 8.55. The number of nitrogens with zero attached hydrogens (tertiary/aromatic N) is 5. The van der Waals surface area contributed by atoms with Gasteiger partial charge in [0.15, 0.2) is 17.0 Å². The maximum absolute atomic E-state index is 6.10. The number of hydrogen-bond acceptors (Lipinski definition) is 5. The van der Waals surface area contributed by atoms with Crippen molar-refractivity contribution in [3.63, 3.8) is 0 Å². The van der Waals surface area contributed by atoms with Gasteiger partial charge in [-0.1, -0.05) is 0 Å². The molecule has 0 fully saturated rings. The van der Waals surface area contributed by atoms with Crippen molar-refractivity contribution in [2.75, 3.05) is 11.9 Å². The monoisotopic (exact) mass is 355 g/mol. The number of halogens is 1. The smallest absolute Gasteiger partial charge is 0.226 e. The molecule has 4 rings (SSSR count). The topological polar surface area (TPSA) is 84.3 Å². The SMILES string of the molecule is CC(C)n1cnc2c(NCCc3c[nH]c4ccncc34)nc(Cl)nc21. The van der Waals surface area contributed by atoms with E-state index in [1.807, 2.05) is 23.0 Å². The van der Waals surface area contributed by atoms with Gasteiger partial charge in [-0.25, -0.2) is 4.98 Å². The van der Waals surface area contributed by atoms with Gasteiger partial charge in [0, 0.05) is 42.1 Å². The summed E-state index contributed by atoms with van der Waals surface area (Å²) in [7, 11) is 0. The van der Waals surface area contributed by atoms with E-state index < -0.39 is 0 Å². The standard InChI is InChI=1S/C17H18ClN7/c1-10(2)25-9-22-14-15(23-17(18)24-16(14)25)20-6-3-11-7-21-13-4-5-19-8-12(11)13/h4-5,7-10,21H,3,6H2,1-2H3,(H,20,23,24). The molecule has 0 atom stereocenters. The van der Waals surface area contributed by atoms with Crippen LogP contribution in [0.15, 0.2) is 31.0 Å². The van der Waals surface area contributed by atoms with Crippen LogP contribution in [-0.4, -0.2) is 36.0 Å². The second kappa shape index (κ2) is 6.33. The summed E-state index contributed by atoms with van der Waals surface area (Å²) in [5.41, 5.74) is 3.78. The third kappa shape index (κ3) is 2.91. The van der Waals surface area contributed by atoms with Crippen molar-refractivity contribution >= 4 is 39.5 Å². The van der Waals surface area contributed by atoms with Crippen LogP contribution in [0.25, 0.3) is 22.1 Å². The van der Waals surface area contributed by atoms with Gasteiger partial charge in [0.2, 0.25) is 5.28 Å². The third-order valence-electron chi connectivity index (χ3n) is 4.21. The van der Waals surface area contributed by atoms with E-state index in [4.69, 9.17) is 11.6 Å². The Balaban J connectivity index is 1.57. The zero-order chi connectivity index (χ0) is 17.4. The van der Waals surface area contributed by atoms with Crippen molar-refractivity contribution in [1.29, 1.82) is 0 Å². The lowest BCUT2D eigenvalue weighted by Crippen LogP contribution is -2.08. The van der Waals surface area contributed by atoms with E-state index in [1.165, 1.54) is 5.56 Å². The van der Waals surface area contributed by atoms with E-state index in [2.05, 4.69) is 44.1 Å². The van der Waals surface area contributed by atoms with Gasteiger partial charge in [-0.2, -0.15) is 9.97 Å². The van der Waals surface area contributed by atoms with Crippen molar-refractivity contribution in [3.05, 3.63) is 41.8 Å². The Morgan fingerprint density at radius 1 is 1.32 bits per heavy atom. The minimum atomic E-state index is 0.216. The molecule has 0 aliphatic heterocycles. The molecule has 7 nitrogen and oxygen atoms in total. The summed E-state index contributed by atoms with van der Waals surface area (Å²) in [6.07, 6.45) is 8.29. The zero-order valence-electron chi connectivity index (χ0n) is 14.0. The highest BCUT2D eigenvalue weighted by Crippen LogP contribution is 2.23. The Labute approximate surface area is 149 Å². The molecule has 0 amide bonds. The summed E-state index contributed by atoms with van der Waals surface area (Å²) in [6, 6.07) is 2.22. The molecule has 0 unspecified atom stereocenters. The zero-order valence-corrected chi connectivity index (χ0v) is 14.7. The minimum absolute atomic E-state index is 0.216. The highest BCUT2D eigenvalue weighted by molar-refractivity contribution is 6.28. The molecule has 4 aromatic rings. The molecule has 128 valence electrons. The van der Waals surface area contributed by atoms with Crippen molar-refractivity contribution in [3.8, 4) is 0 Å². The summed E-state index contributed by atoms with van der Waals surface area (Å²) >= 11 is 6.10. The maximum atomic E-state index is 6.10. The first-order valence-electron chi connectivity index (χ1n) is 8.17. The molecule has 0 aliphatic carbocycles. The van der Waals surface area contributed by atoms with E-state index in [9.17, 15) is 0 Å². The van der Waals surface area contributed by atoms with Gasteiger partial charge in [-0.05, 0) is 43.5 Å². The molecular formula is C17H18ClN7. The predicted octanol–water partition coefficient (Wildman–Crippen LogP) is 3.59. The summed E-state index contributed by atoms with van der Waals surface area (Å²) < 4.78 is 1.99. The lowest BCUT2D eigenvalue weighted by atomic mass is 10.1. The highest BCUT2D eigenvalue weighted by atomic mass is 35.5. The Kier molecular flexibility index (Phi) is 4.01. The number of aromatic amines is 1. The number of fused-ring (bicyclic) bond motifs is 2. The Morgan fingerprint density at radius 2 is 2.20 bits per heavy atom. The molecule has 25 heavy (non-hydrogen) atoms. The van der Waals surface area contributed by atoms with Crippen LogP contribution in [0.5, 0.6) is 0 Å². The van der Waals surface area contributed by atoms with Crippen LogP contribution < -0.4 is 5.32 Å². The molecule has 2 N–H and O–H groups in total. The quantitative estimate of drug-likeness (QED) is 0.534. The Morgan fingerprint density at radius 3 is 3.04 bits per heavy atom. The predicted molar refractivity (Wildman–Crippen MR) is 99.0 cm³/mol. The summed E-state index contributed by atoms with van der Waals surface area (Å²) in [5, 5.41) is 4.69. The Hall–Kier alpha value is -2.67. The largest absolute Gasteiger partial charge is 0.368 e. The number of hydrogen-bond donors (Lipinski definition) is 2. The molecule has 0 aromatic carbocycles. The van der Waals surface area contributed by atoms with Crippen molar-refractivity contribution in [2.45, 2.75) is 26.3 Å². The van der Waals surface area contributed by atoms with E-state index >= 15 is 0 Å². The fraction of sp³-hybridized carbons (Fsp3) is 0.294. The molecular weight excluding hydrogens is 338 g/mol. The van der Waals surface area contributed by atoms with E-state index in [0.29, 0.717) is 12.4 Å². The van der Waals surface area contributed by atoms with Crippen molar-refractivity contribution in [1.82, 2.24) is 29.5 Å². The summed E-state index contributed by atoms with van der Waals surface area (Å²) in [4.78, 5) is 20.5. The fourth-order valence-electron chi connectivity index (χ4n) is 2.93. The van der Waals surface area contributed by atoms with Gasteiger partial charge < -0.3 is 14.9 Å². The number of anilines is 1. The lowest BCUT2D eigenvalue weighted by molar-refractivity contribution is 0.612. The molecule has 0 aliphatic rings. The van der Waals surface area contributed by atoms with Crippen molar-refractivity contribution in [2.24, 2.45) is 0 Å². The number of imidazole rings is 1. The molecule has 0 saturated heterocycles. The van der Waals surface area contributed by atoms with Gasteiger partial charge in [0.25, 0.3) is 0 Å². The molecule has 0 spiro atoms. The average Bonchev–Trinajstić information content (AvgIpc) is 3.19. The highest BCUT2D eigenvalue weighted by Gasteiger charge is 2.14.